The topological polar surface area (TPSA) is 79.7 Å². The molecule has 1 aromatic heterocycles. The molecule has 1 atom stereocenters. The molecule has 162 valence electrons. The molecule has 0 unspecified atom stereocenters. The first-order valence-electron chi connectivity index (χ1n) is 10.2. The monoisotopic (exact) mass is 448 g/mol. The molecule has 0 aliphatic carbocycles. The molecule has 1 aliphatic rings. The minimum atomic E-state index is -0.748. The van der Waals surface area contributed by atoms with E-state index in [0.29, 0.717) is 28.5 Å². The summed E-state index contributed by atoms with van der Waals surface area (Å²) in [6.07, 6.45) is 3.29. The van der Waals surface area contributed by atoms with Gasteiger partial charge in [-0.05, 0) is 42.3 Å². The van der Waals surface area contributed by atoms with Gasteiger partial charge in [-0.25, -0.2) is 0 Å². The number of nitrogens with zero attached hydrogens (tertiary/aromatic N) is 2. The van der Waals surface area contributed by atoms with Crippen molar-refractivity contribution >= 4 is 29.1 Å². The first-order chi connectivity index (χ1) is 15.5. The fourth-order valence-electron chi connectivity index (χ4n) is 3.79. The number of aliphatic hydroxyl groups is 1. The zero-order valence-corrected chi connectivity index (χ0v) is 18.1. The predicted octanol–water partition coefficient (Wildman–Crippen LogP) is 4.76. The number of aromatic nitrogens is 1. The third-order valence-electron chi connectivity index (χ3n) is 5.24. The maximum Gasteiger partial charge on any atom is 0.295 e. The Bertz CT molecular complexity index is 1180. The Labute approximate surface area is 190 Å². The summed E-state index contributed by atoms with van der Waals surface area (Å²) in [6.45, 7) is 2.46. The van der Waals surface area contributed by atoms with E-state index in [2.05, 4.69) is 4.98 Å². The minimum absolute atomic E-state index is 0.0188. The largest absolute Gasteiger partial charge is 0.507 e. The van der Waals surface area contributed by atoms with E-state index in [-0.39, 0.29) is 17.9 Å². The van der Waals surface area contributed by atoms with Gasteiger partial charge in [-0.15, -0.1) is 0 Å². The van der Waals surface area contributed by atoms with E-state index in [4.69, 9.17) is 16.3 Å². The molecule has 1 amide bonds. The first-order valence-corrected chi connectivity index (χ1v) is 10.5. The van der Waals surface area contributed by atoms with Gasteiger partial charge in [0.25, 0.3) is 11.7 Å². The van der Waals surface area contributed by atoms with Gasteiger partial charge in [-0.3, -0.25) is 14.6 Å². The van der Waals surface area contributed by atoms with Crippen molar-refractivity contribution in [2.24, 2.45) is 0 Å². The third kappa shape index (κ3) is 4.09. The highest BCUT2D eigenvalue weighted by molar-refractivity contribution is 6.46. The number of hydrogen-bond donors (Lipinski definition) is 1. The number of carbonyl (C=O) groups is 2. The summed E-state index contributed by atoms with van der Waals surface area (Å²) in [4.78, 5) is 31.6. The van der Waals surface area contributed by atoms with Gasteiger partial charge in [0.15, 0.2) is 0 Å². The van der Waals surface area contributed by atoms with Crippen LogP contribution in [0.3, 0.4) is 0 Å². The summed E-state index contributed by atoms with van der Waals surface area (Å²) in [5.41, 5.74) is 1.85. The van der Waals surface area contributed by atoms with Crippen molar-refractivity contribution in [3.63, 3.8) is 0 Å². The van der Waals surface area contributed by atoms with Crippen LogP contribution in [0.4, 0.5) is 0 Å². The van der Waals surface area contributed by atoms with Crippen molar-refractivity contribution in [1.29, 1.82) is 0 Å². The summed E-state index contributed by atoms with van der Waals surface area (Å²) in [6, 6.07) is 16.8. The fourth-order valence-corrected chi connectivity index (χ4v) is 4.02. The highest BCUT2D eigenvalue weighted by Crippen LogP contribution is 2.41. The van der Waals surface area contributed by atoms with Crippen molar-refractivity contribution in [1.82, 2.24) is 9.88 Å². The Morgan fingerprint density at radius 3 is 2.56 bits per heavy atom. The highest BCUT2D eigenvalue weighted by Gasteiger charge is 2.46. The normalized spacial score (nSPS) is 17.6. The van der Waals surface area contributed by atoms with E-state index in [1.165, 1.54) is 11.0 Å². The molecule has 0 saturated carbocycles. The molecule has 1 N–H and O–H groups in total. The molecule has 1 fully saturated rings. The number of pyridine rings is 1. The van der Waals surface area contributed by atoms with Crippen LogP contribution in [0.1, 0.15) is 29.7 Å². The number of carbonyl (C=O) groups excluding carboxylic acids is 2. The lowest BCUT2D eigenvalue weighted by Crippen LogP contribution is -2.29. The second kappa shape index (κ2) is 9.24. The lowest BCUT2D eigenvalue weighted by Gasteiger charge is -2.25. The van der Waals surface area contributed by atoms with Crippen LogP contribution < -0.4 is 4.74 Å². The summed E-state index contributed by atoms with van der Waals surface area (Å²) in [5.74, 6) is -1.23. The number of Topliss-reactive ketones (excluding diaryl/α,β-unsaturated/α-hetero) is 1. The van der Waals surface area contributed by atoms with Crippen molar-refractivity contribution in [3.8, 4) is 5.75 Å². The molecular formula is C25H21ClN2O4. The Morgan fingerprint density at radius 2 is 1.91 bits per heavy atom. The molecular weight excluding hydrogens is 428 g/mol. The summed E-state index contributed by atoms with van der Waals surface area (Å²) < 4.78 is 5.44. The van der Waals surface area contributed by atoms with Crippen LogP contribution in [0.2, 0.25) is 5.02 Å². The van der Waals surface area contributed by atoms with E-state index in [1.54, 1.807) is 30.6 Å². The average molecular weight is 449 g/mol. The van der Waals surface area contributed by atoms with Crippen LogP contribution in [0.15, 0.2) is 78.6 Å². The Kier molecular flexibility index (Phi) is 6.23. The number of rotatable bonds is 6. The van der Waals surface area contributed by atoms with E-state index in [1.807, 2.05) is 43.3 Å². The third-order valence-corrected chi connectivity index (χ3v) is 5.53. The van der Waals surface area contributed by atoms with Crippen LogP contribution >= 0.6 is 11.6 Å². The number of hydrogen-bond acceptors (Lipinski definition) is 5. The Balaban J connectivity index is 1.83. The second-order valence-electron chi connectivity index (χ2n) is 7.28. The van der Waals surface area contributed by atoms with Crippen LogP contribution in [-0.4, -0.2) is 33.3 Å². The van der Waals surface area contributed by atoms with Crippen LogP contribution in [0, 0.1) is 0 Å². The first kappa shape index (κ1) is 21.6. The maximum absolute atomic E-state index is 13.1. The summed E-state index contributed by atoms with van der Waals surface area (Å²) >= 11 is 6.29. The highest BCUT2D eigenvalue weighted by atomic mass is 35.5. The van der Waals surface area contributed by atoms with Gasteiger partial charge in [0.05, 0.1) is 23.2 Å². The van der Waals surface area contributed by atoms with Crippen molar-refractivity contribution in [3.05, 3.63) is 100 Å². The number of halogens is 1. The van der Waals surface area contributed by atoms with E-state index >= 15 is 0 Å². The average Bonchev–Trinajstić information content (AvgIpc) is 3.06. The van der Waals surface area contributed by atoms with Gasteiger partial charge in [-0.1, -0.05) is 48.0 Å². The molecule has 7 heteroatoms. The lowest BCUT2D eigenvalue weighted by atomic mass is 9.95. The standard InChI is InChI=1S/C25H21ClN2O4/c1-2-32-20-11-10-18(13-19(20)26)23(29)21-22(17-8-4-3-5-9-17)28(25(31)24(21)30)15-16-7-6-12-27-14-16/h3-14,22,29H,2,15H2,1H3/b23-21+/t22-/m1/s1. The van der Waals surface area contributed by atoms with Gasteiger partial charge in [-0.2, -0.15) is 0 Å². The quantitative estimate of drug-likeness (QED) is 0.334. The van der Waals surface area contributed by atoms with Gasteiger partial charge in [0, 0.05) is 24.5 Å². The number of ketones is 1. The molecule has 1 aliphatic heterocycles. The van der Waals surface area contributed by atoms with Crippen molar-refractivity contribution in [2.75, 3.05) is 6.61 Å². The molecule has 2 aromatic carbocycles. The lowest BCUT2D eigenvalue weighted by molar-refractivity contribution is -0.140. The number of benzene rings is 2. The predicted molar refractivity (Wildman–Crippen MR) is 121 cm³/mol. The molecule has 2 heterocycles. The summed E-state index contributed by atoms with van der Waals surface area (Å²) in [5, 5.41) is 11.4. The van der Waals surface area contributed by atoms with Gasteiger partial charge < -0.3 is 14.7 Å². The van der Waals surface area contributed by atoms with Crippen molar-refractivity contribution in [2.45, 2.75) is 19.5 Å². The van der Waals surface area contributed by atoms with E-state index in [9.17, 15) is 14.7 Å². The molecule has 1 saturated heterocycles. The van der Waals surface area contributed by atoms with E-state index < -0.39 is 17.7 Å². The molecule has 0 spiro atoms. The maximum atomic E-state index is 13.1. The van der Waals surface area contributed by atoms with Gasteiger partial charge in [0.2, 0.25) is 0 Å². The number of likely N-dealkylation sites (tertiary alicyclic amines) is 1. The van der Waals surface area contributed by atoms with Crippen molar-refractivity contribution < 1.29 is 19.4 Å². The Hall–Kier alpha value is -3.64. The fraction of sp³-hybridized carbons (Fsp3) is 0.160. The molecule has 3 aromatic rings. The van der Waals surface area contributed by atoms with Gasteiger partial charge >= 0.3 is 0 Å². The molecule has 0 bridgehead atoms. The zero-order valence-electron chi connectivity index (χ0n) is 17.4. The van der Waals surface area contributed by atoms with E-state index in [0.717, 1.165) is 5.56 Å². The van der Waals surface area contributed by atoms with Crippen LogP contribution in [0.25, 0.3) is 5.76 Å². The number of amides is 1. The SMILES string of the molecule is CCOc1ccc(/C(O)=C2\C(=O)C(=O)N(Cc3cccnc3)[C@@H]2c2ccccc2)cc1Cl. The van der Waals surface area contributed by atoms with Gasteiger partial charge in [0.1, 0.15) is 11.5 Å². The second-order valence-corrected chi connectivity index (χ2v) is 7.68. The van der Waals surface area contributed by atoms with Crippen LogP contribution in [-0.2, 0) is 16.1 Å². The molecule has 6 nitrogen and oxygen atoms in total. The molecule has 32 heavy (non-hydrogen) atoms. The number of ether oxygens (including phenoxy) is 1. The minimum Gasteiger partial charge on any atom is -0.507 e. The molecule has 0 radical (unpaired) electrons. The molecule has 4 rings (SSSR count). The zero-order chi connectivity index (χ0) is 22.7. The summed E-state index contributed by atoms with van der Waals surface area (Å²) in [7, 11) is 0. The Morgan fingerprint density at radius 1 is 1.12 bits per heavy atom. The van der Waals surface area contributed by atoms with Crippen LogP contribution in [0.5, 0.6) is 5.75 Å². The number of aliphatic hydroxyl groups excluding tert-OH is 1. The smallest absolute Gasteiger partial charge is 0.295 e.